The van der Waals surface area contributed by atoms with Gasteiger partial charge in [-0.05, 0) is 42.3 Å². The molecule has 0 bridgehead atoms. The van der Waals surface area contributed by atoms with E-state index in [4.69, 9.17) is 4.74 Å². The molecule has 1 nitrogen and oxygen atoms in total. The Kier molecular flexibility index (Phi) is 2.68. The Balaban J connectivity index is 1.98. The van der Waals surface area contributed by atoms with Gasteiger partial charge in [-0.15, -0.1) is 0 Å². The summed E-state index contributed by atoms with van der Waals surface area (Å²) in [7, 11) is 0. The van der Waals surface area contributed by atoms with Gasteiger partial charge in [-0.25, -0.2) is 0 Å². The van der Waals surface area contributed by atoms with Gasteiger partial charge >= 0.3 is 0 Å². The predicted octanol–water partition coefficient (Wildman–Crippen LogP) is 4.22. The van der Waals surface area contributed by atoms with Gasteiger partial charge in [0, 0.05) is 14.9 Å². The van der Waals surface area contributed by atoms with Gasteiger partial charge in [0.05, 0.1) is 0 Å². The zero-order chi connectivity index (χ0) is 11.1. The number of halogens is 2. The summed E-state index contributed by atoms with van der Waals surface area (Å²) in [4.78, 5) is 0. The number of benzene rings is 1. The second-order valence-electron chi connectivity index (χ2n) is 4.11. The molecule has 1 aromatic carbocycles. The van der Waals surface area contributed by atoms with Gasteiger partial charge in [0.1, 0.15) is 11.9 Å². The summed E-state index contributed by atoms with van der Waals surface area (Å²) >= 11 is 7.01. The molecule has 0 spiro atoms. The summed E-state index contributed by atoms with van der Waals surface area (Å²) in [6, 6.07) is 6.21. The monoisotopic (exact) mass is 340 g/mol. The van der Waals surface area contributed by atoms with Crippen molar-refractivity contribution in [2.75, 3.05) is 0 Å². The number of hydrogen-bond acceptors (Lipinski definition) is 1. The van der Waals surface area contributed by atoms with E-state index in [9.17, 15) is 0 Å². The fourth-order valence-corrected chi connectivity index (χ4v) is 3.11. The van der Waals surface area contributed by atoms with Crippen LogP contribution in [0.1, 0.15) is 5.56 Å². The molecule has 0 N–H and O–H groups in total. The Labute approximate surface area is 111 Å². The van der Waals surface area contributed by atoms with Crippen LogP contribution in [0.5, 0.6) is 5.75 Å². The third-order valence-corrected chi connectivity index (χ3v) is 4.00. The lowest BCUT2D eigenvalue weighted by Gasteiger charge is -2.32. The quantitative estimate of drug-likeness (QED) is 0.686. The Morgan fingerprint density at radius 3 is 3.00 bits per heavy atom. The van der Waals surface area contributed by atoms with Crippen LogP contribution in [0, 0.1) is 5.92 Å². The summed E-state index contributed by atoms with van der Waals surface area (Å²) in [5.74, 6) is 1.46. The predicted molar refractivity (Wildman–Crippen MR) is 71.9 cm³/mol. The van der Waals surface area contributed by atoms with Crippen LogP contribution >= 0.6 is 31.9 Å². The van der Waals surface area contributed by atoms with Crippen LogP contribution in [0.25, 0.3) is 0 Å². The van der Waals surface area contributed by atoms with Gasteiger partial charge in [-0.3, -0.25) is 0 Å². The minimum absolute atomic E-state index is 0.190. The highest BCUT2D eigenvalue weighted by atomic mass is 79.9. The number of ether oxygens (including phenoxy) is 1. The zero-order valence-corrected chi connectivity index (χ0v) is 11.7. The molecule has 82 valence electrons. The van der Waals surface area contributed by atoms with Crippen molar-refractivity contribution >= 4 is 31.9 Å². The van der Waals surface area contributed by atoms with Crippen LogP contribution in [0.3, 0.4) is 0 Å². The molecule has 1 aromatic rings. The Hall–Kier alpha value is -0.540. The Bertz CT molecular complexity index is 491. The molecule has 0 radical (unpaired) electrons. The minimum Gasteiger partial charge on any atom is -0.485 e. The summed E-state index contributed by atoms with van der Waals surface area (Å²) < 4.78 is 8.23. The summed E-state index contributed by atoms with van der Waals surface area (Å²) in [6.45, 7) is 0. The first-order chi connectivity index (χ1) is 7.72. The fraction of sp³-hybridized carbons (Fsp3) is 0.231. The highest BCUT2D eigenvalue weighted by molar-refractivity contribution is 9.12. The molecule has 2 unspecified atom stereocenters. The van der Waals surface area contributed by atoms with Gasteiger partial charge in [-0.2, -0.15) is 0 Å². The Morgan fingerprint density at radius 1 is 1.25 bits per heavy atom. The van der Waals surface area contributed by atoms with E-state index in [1.165, 1.54) is 5.56 Å². The molecular formula is C13H10Br2O. The van der Waals surface area contributed by atoms with E-state index in [0.717, 1.165) is 21.1 Å². The molecule has 2 aliphatic rings. The number of rotatable bonds is 0. The van der Waals surface area contributed by atoms with E-state index in [2.05, 4.69) is 56.2 Å². The maximum Gasteiger partial charge on any atom is 0.124 e. The molecule has 1 aliphatic heterocycles. The molecule has 1 heterocycles. The van der Waals surface area contributed by atoms with Crippen molar-refractivity contribution < 1.29 is 4.74 Å². The second kappa shape index (κ2) is 4.04. The van der Waals surface area contributed by atoms with E-state index in [-0.39, 0.29) is 6.10 Å². The van der Waals surface area contributed by atoms with Crippen molar-refractivity contribution in [2.24, 2.45) is 5.92 Å². The van der Waals surface area contributed by atoms with Crippen LogP contribution in [0.2, 0.25) is 0 Å². The zero-order valence-electron chi connectivity index (χ0n) is 8.49. The van der Waals surface area contributed by atoms with Crippen molar-refractivity contribution in [1.82, 2.24) is 0 Å². The summed E-state index contributed by atoms with van der Waals surface area (Å²) in [5.41, 5.74) is 1.28. The first-order valence-corrected chi connectivity index (χ1v) is 6.81. The van der Waals surface area contributed by atoms with Crippen LogP contribution in [0.15, 0.2) is 45.4 Å². The smallest absolute Gasteiger partial charge is 0.124 e. The van der Waals surface area contributed by atoms with Crippen molar-refractivity contribution in [1.29, 1.82) is 0 Å². The maximum atomic E-state index is 5.97. The van der Waals surface area contributed by atoms with Crippen molar-refractivity contribution in [3.63, 3.8) is 0 Å². The highest BCUT2D eigenvalue weighted by Crippen LogP contribution is 2.36. The summed E-state index contributed by atoms with van der Waals surface area (Å²) in [5, 5.41) is 0. The molecule has 0 saturated carbocycles. The number of hydrogen-bond donors (Lipinski definition) is 0. The van der Waals surface area contributed by atoms with Gasteiger partial charge in [0.2, 0.25) is 0 Å². The van der Waals surface area contributed by atoms with Crippen LogP contribution in [0.4, 0.5) is 0 Å². The molecule has 2 atom stereocenters. The largest absolute Gasteiger partial charge is 0.485 e. The third kappa shape index (κ3) is 1.87. The van der Waals surface area contributed by atoms with E-state index < -0.39 is 0 Å². The molecule has 0 saturated heterocycles. The lowest BCUT2D eigenvalue weighted by atomic mass is 9.88. The number of fused-ring (bicyclic) bond motifs is 2. The van der Waals surface area contributed by atoms with Gasteiger partial charge in [0.25, 0.3) is 0 Å². The molecule has 0 fully saturated rings. The standard InChI is InChI=1S/C13H10Br2O/c14-10-1-3-12-8(6-10)5-9-7-11(15)2-4-13(9)16-12/h1-4,6-8,12H,5H2. The average molecular weight is 342 g/mol. The van der Waals surface area contributed by atoms with Gasteiger partial charge < -0.3 is 4.74 Å². The molecule has 3 heteroatoms. The van der Waals surface area contributed by atoms with Crippen LogP contribution in [-0.2, 0) is 6.42 Å². The van der Waals surface area contributed by atoms with Gasteiger partial charge in [-0.1, -0.05) is 37.9 Å². The highest BCUT2D eigenvalue weighted by Gasteiger charge is 2.28. The molecule has 1 aliphatic carbocycles. The maximum absolute atomic E-state index is 5.97. The number of allylic oxidation sites excluding steroid dienone is 2. The molecule has 0 amide bonds. The Morgan fingerprint density at radius 2 is 2.12 bits per heavy atom. The summed E-state index contributed by atoms with van der Waals surface area (Å²) in [6.07, 6.45) is 7.65. The lowest BCUT2D eigenvalue weighted by molar-refractivity contribution is 0.178. The van der Waals surface area contributed by atoms with Crippen molar-refractivity contribution in [3.8, 4) is 5.75 Å². The third-order valence-electron chi connectivity index (χ3n) is 2.98. The normalized spacial score (nSPS) is 26.5. The molecule has 3 rings (SSSR count). The van der Waals surface area contributed by atoms with Crippen LogP contribution in [-0.4, -0.2) is 6.10 Å². The minimum atomic E-state index is 0.190. The first kappa shape index (κ1) is 10.6. The van der Waals surface area contributed by atoms with Crippen molar-refractivity contribution in [3.05, 3.63) is 50.9 Å². The van der Waals surface area contributed by atoms with Crippen LogP contribution < -0.4 is 4.74 Å². The lowest BCUT2D eigenvalue weighted by Crippen LogP contribution is -2.31. The topological polar surface area (TPSA) is 9.23 Å². The van der Waals surface area contributed by atoms with E-state index >= 15 is 0 Å². The van der Waals surface area contributed by atoms with E-state index in [0.29, 0.717) is 5.92 Å². The SMILES string of the molecule is BrC1=CC2Cc3cc(Br)ccc3OC2C=C1. The average Bonchev–Trinajstić information content (AvgIpc) is 2.26. The fourth-order valence-electron chi connectivity index (χ4n) is 2.21. The van der Waals surface area contributed by atoms with E-state index in [1.54, 1.807) is 0 Å². The van der Waals surface area contributed by atoms with Gasteiger partial charge in [0.15, 0.2) is 0 Å². The second-order valence-corrected chi connectivity index (χ2v) is 5.94. The molecule has 16 heavy (non-hydrogen) atoms. The first-order valence-electron chi connectivity index (χ1n) is 5.23. The van der Waals surface area contributed by atoms with E-state index in [1.807, 2.05) is 12.1 Å². The molecular weight excluding hydrogens is 332 g/mol. The molecule has 0 aromatic heterocycles. The van der Waals surface area contributed by atoms with Crippen molar-refractivity contribution in [2.45, 2.75) is 12.5 Å².